The summed E-state index contributed by atoms with van der Waals surface area (Å²) in [5, 5.41) is 10.1. The van der Waals surface area contributed by atoms with Gasteiger partial charge in [0.05, 0.1) is 12.8 Å². The van der Waals surface area contributed by atoms with Gasteiger partial charge in [0, 0.05) is 11.0 Å². The molecule has 98 valence electrons. The van der Waals surface area contributed by atoms with Gasteiger partial charge in [0.2, 0.25) is 0 Å². The molecule has 0 aliphatic carbocycles. The molecule has 19 heavy (non-hydrogen) atoms. The van der Waals surface area contributed by atoms with E-state index in [4.69, 9.17) is 4.74 Å². The first-order chi connectivity index (χ1) is 8.95. The Morgan fingerprint density at radius 3 is 2.58 bits per heavy atom. The number of benzene rings is 1. The van der Waals surface area contributed by atoms with Gasteiger partial charge in [-0.2, -0.15) is 5.26 Å². The molecule has 4 heteroatoms. The Morgan fingerprint density at radius 1 is 1.32 bits per heavy atom. The minimum Gasteiger partial charge on any atom is -0.497 e. The summed E-state index contributed by atoms with van der Waals surface area (Å²) in [4.78, 5) is 5.32. The second-order valence-corrected chi connectivity index (χ2v) is 6.29. The minimum atomic E-state index is -0.126. The molecule has 2 rings (SSSR count). The average molecular weight is 272 g/mol. The molecule has 1 heterocycles. The number of hydrogen-bond donors (Lipinski definition) is 0. The van der Waals surface area contributed by atoms with Gasteiger partial charge in [-0.1, -0.05) is 32.9 Å². The van der Waals surface area contributed by atoms with Crippen LogP contribution < -0.4 is 4.74 Å². The average Bonchev–Trinajstić information content (AvgIpc) is 2.83. The van der Waals surface area contributed by atoms with Crippen molar-refractivity contribution in [1.29, 1.82) is 5.26 Å². The van der Waals surface area contributed by atoms with Crippen molar-refractivity contribution in [2.24, 2.45) is 0 Å². The van der Waals surface area contributed by atoms with Gasteiger partial charge in [-0.3, -0.25) is 0 Å². The van der Waals surface area contributed by atoms with Gasteiger partial charge in [-0.25, -0.2) is 4.98 Å². The molecule has 0 atom stereocenters. The second kappa shape index (κ2) is 5.02. The molecule has 1 aromatic carbocycles. The van der Waals surface area contributed by atoms with Crippen LogP contribution in [0.5, 0.6) is 5.75 Å². The van der Waals surface area contributed by atoms with E-state index in [0.29, 0.717) is 4.88 Å². The van der Waals surface area contributed by atoms with E-state index in [9.17, 15) is 5.26 Å². The van der Waals surface area contributed by atoms with Gasteiger partial charge in [0.1, 0.15) is 21.7 Å². The molecule has 0 unspecified atom stereocenters. The van der Waals surface area contributed by atoms with Crippen LogP contribution in [0.2, 0.25) is 0 Å². The van der Waals surface area contributed by atoms with Crippen LogP contribution in [-0.2, 0) is 5.41 Å². The number of aromatic nitrogens is 1. The van der Waals surface area contributed by atoms with Gasteiger partial charge >= 0.3 is 0 Å². The van der Waals surface area contributed by atoms with E-state index in [1.165, 1.54) is 11.3 Å². The molecule has 1 aromatic heterocycles. The standard InChI is InChI=1S/C15H16N2OS/c1-15(2,3)13-12(9-16)19-14(17-13)10-6-5-7-11(8-10)18-4/h5-8H,1-4H3. The molecule has 0 amide bonds. The van der Waals surface area contributed by atoms with Gasteiger partial charge in [-0.05, 0) is 12.1 Å². The fourth-order valence-electron chi connectivity index (χ4n) is 1.78. The van der Waals surface area contributed by atoms with Crippen LogP contribution >= 0.6 is 11.3 Å². The predicted octanol–water partition coefficient (Wildman–Crippen LogP) is 3.99. The van der Waals surface area contributed by atoms with Gasteiger partial charge in [0.25, 0.3) is 0 Å². The van der Waals surface area contributed by atoms with E-state index in [1.54, 1.807) is 7.11 Å². The minimum absolute atomic E-state index is 0.126. The Labute approximate surface area is 117 Å². The van der Waals surface area contributed by atoms with Crippen LogP contribution in [0.3, 0.4) is 0 Å². The largest absolute Gasteiger partial charge is 0.497 e. The van der Waals surface area contributed by atoms with Crippen molar-refractivity contribution in [2.45, 2.75) is 26.2 Å². The van der Waals surface area contributed by atoms with Gasteiger partial charge in [-0.15, -0.1) is 11.3 Å². The normalized spacial score (nSPS) is 11.1. The van der Waals surface area contributed by atoms with Crippen molar-refractivity contribution < 1.29 is 4.74 Å². The number of thiazole rings is 1. The summed E-state index contributed by atoms with van der Waals surface area (Å²) in [5.74, 6) is 0.795. The molecule has 0 bridgehead atoms. The third kappa shape index (κ3) is 2.77. The molecule has 0 radical (unpaired) electrons. The Morgan fingerprint density at radius 2 is 2.05 bits per heavy atom. The summed E-state index contributed by atoms with van der Waals surface area (Å²) in [7, 11) is 1.64. The second-order valence-electron chi connectivity index (χ2n) is 5.29. The summed E-state index contributed by atoms with van der Waals surface area (Å²) in [5.41, 5.74) is 1.72. The topological polar surface area (TPSA) is 45.9 Å². The molecular formula is C15H16N2OS. The molecule has 0 fully saturated rings. The van der Waals surface area contributed by atoms with Crippen LogP contribution in [0.1, 0.15) is 31.3 Å². The zero-order chi connectivity index (χ0) is 14.0. The smallest absolute Gasteiger partial charge is 0.128 e. The number of methoxy groups -OCH3 is 1. The molecular weight excluding hydrogens is 256 g/mol. The SMILES string of the molecule is COc1cccc(-c2nc(C(C)(C)C)c(C#N)s2)c1. The summed E-state index contributed by atoms with van der Waals surface area (Å²) in [6, 6.07) is 9.99. The lowest BCUT2D eigenvalue weighted by Gasteiger charge is -2.15. The fraction of sp³-hybridized carbons (Fsp3) is 0.333. The summed E-state index contributed by atoms with van der Waals surface area (Å²) < 4.78 is 5.22. The lowest BCUT2D eigenvalue weighted by atomic mass is 9.91. The zero-order valence-electron chi connectivity index (χ0n) is 11.5. The highest BCUT2D eigenvalue weighted by atomic mass is 32.1. The third-order valence-corrected chi connectivity index (χ3v) is 3.76. The predicted molar refractivity (Wildman–Crippen MR) is 77.5 cm³/mol. The van der Waals surface area contributed by atoms with Gasteiger partial charge in [0.15, 0.2) is 0 Å². The number of rotatable bonds is 2. The maximum atomic E-state index is 9.24. The first kappa shape index (κ1) is 13.6. The van der Waals surface area contributed by atoms with Crippen LogP contribution in [-0.4, -0.2) is 12.1 Å². The van der Waals surface area contributed by atoms with Crippen LogP contribution in [0.25, 0.3) is 10.6 Å². The molecule has 0 N–H and O–H groups in total. The van der Waals surface area contributed by atoms with Crippen molar-refractivity contribution in [1.82, 2.24) is 4.98 Å². The number of nitriles is 1. The van der Waals surface area contributed by atoms with E-state index >= 15 is 0 Å². The van der Waals surface area contributed by atoms with Crippen molar-refractivity contribution in [2.75, 3.05) is 7.11 Å². The highest BCUT2D eigenvalue weighted by molar-refractivity contribution is 7.15. The first-order valence-corrected chi connectivity index (χ1v) is 6.83. The third-order valence-electron chi connectivity index (χ3n) is 2.76. The first-order valence-electron chi connectivity index (χ1n) is 6.01. The molecule has 0 saturated carbocycles. The lowest BCUT2D eigenvalue weighted by molar-refractivity contribution is 0.415. The molecule has 0 aliphatic heterocycles. The zero-order valence-corrected chi connectivity index (χ0v) is 12.3. The molecule has 0 spiro atoms. The highest BCUT2D eigenvalue weighted by Crippen LogP contribution is 2.34. The Hall–Kier alpha value is -1.86. The van der Waals surface area contributed by atoms with Crippen LogP contribution in [0, 0.1) is 11.3 Å². The summed E-state index contributed by atoms with van der Waals surface area (Å²) in [6.07, 6.45) is 0. The van der Waals surface area contributed by atoms with E-state index in [-0.39, 0.29) is 5.41 Å². The summed E-state index contributed by atoms with van der Waals surface area (Å²) in [6.45, 7) is 6.20. The number of hydrogen-bond acceptors (Lipinski definition) is 4. The van der Waals surface area contributed by atoms with Crippen molar-refractivity contribution >= 4 is 11.3 Å². The van der Waals surface area contributed by atoms with Crippen molar-refractivity contribution in [3.63, 3.8) is 0 Å². The maximum absolute atomic E-state index is 9.24. The Kier molecular flexibility index (Phi) is 3.59. The monoisotopic (exact) mass is 272 g/mol. The van der Waals surface area contributed by atoms with E-state index < -0.39 is 0 Å². The molecule has 2 aromatic rings. The van der Waals surface area contributed by atoms with Gasteiger partial charge < -0.3 is 4.74 Å². The summed E-state index contributed by atoms with van der Waals surface area (Å²) >= 11 is 1.43. The Bertz CT molecular complexity index is 632. The number of nitrogens with zero attached hydrogens (tertiary/aromatic N) is 2. The highest BCUT2D eigenvalue weighted by Gasteiger charge is 2.23. The molecule has 0 aliphatic rings. The van der Waals surface area contributed by atoms with Crippen LogP contribution in [0.4, 0.5) is 0 Å². The quantitative estimate of drug-likeness (QED) is 0.830. The van der Waals surface area contributed by atoms with Crippen LogP contribution in [0.15, 0.2) is 24.3 Å². The van der Waals surface area contributed by atoms with Crippen molar-refractivity contribution in [3.8, 4) is 22.4 Å². The maximum Gasteiger partial charge on any atom is 0.128 e. The van der Waals surface area contributed by atoms with E-state index in [1.807, 2.05) is 24.3 Å². The molecule has 0 saturated heterocycles. The van der Waals surface area contributed by atoms with E-state index in [0.717, 1.165) is 22.0 Å². The Balaban J connectivity index is 2.52. The fourth-order valence-corrected chi connectivity index (χ4v) is 2.85. The lowest BCUT2D eigenvalue weighted by Crippen LogP contribution is -2.13. The number of ether oxygens (including phenoxy) is 1. The van der Waals surface area contributed by atoms with Crippen molar-refractivity contribution in [3.05, 3.63) is 34.8 Å². The molecule has 3 nitrogen and oxygen atoms in total. The van der Waals surface area contributed by atoms with E-state index in [2.05, 4.69) is 31.8 Å².